The van der Waals surface area contributed by atoms with Crippen LogP contribution in [0, 0.1) is 5.82 Å². The molecule has 1 saturated heterocycles. The van der Waals surface area contributed by atoms with E-state index in [2.05, 4.69) is 10.2 Å². The fourth-order valence-electron chi connectivity index (χ4n) is 5.92. The van der Waals surface area contributed by atoms with E-state index in [4.69, 9.17) is 4.74 Å². The fraction of sp³-hybridized carbons (Fsp3) is 0.265. The van der Waals surface area contributed by atoms with Crippen LogP contribution in [0.2, 0.25) is 0 Å². The molecule has 0 spiro atoms. The number of pyridine rings is 1. The Morgan fingerprint density at radius 2 is 1.72 bits per heavy atom. The van der Waals surface area contributed by atoms with Crippen LogP contribution in [0.4, 0.5) is 10.1 Å². The van der Waals surface area contributed by atoms with Crippen molar-refractivity contribution < 1.29 is 23.8 Å². The van der Waals surface area contributed by atoms with E-state index in [1.54, 1.807) is 22.6 Å². The summed E-state index contributed by atoms with van der Waals surface area (Å²) in [7, 11) is 1.61. The highest BCUT2D eigenvalue weighted by atomic mass is 32.2. The van der Waals surface area contributed by atoms with Crippen molar-refractivity contribution in [3.05, 3.63) is 94.5 Å². The molecule has 0 unspecified atom stereocenters. The molecule has 2 aliphatic rings. The van der Waals surface area contributed by atoms with Gasteiger partial charge in [-0.05, 0) is 61.4 Å². The van der Waals surface area contributed by atoms with Crippen LogP contribution in [0.25, 0.3) is 28.0 Å². The van der Waals surface area contributed by atoms with Crippen LogP contribution in [-0.4, -0.2) is 80.3 Å². The zero-order valence-electron chi connectivity index (χ0n) is 25.5. The molecule has 7 rings (SSSR count). The molecule has 0 atom stereocenters. The molecule has 0 bridgehead atoms. The second kappa shape index (κ2) is 12.6. The second-order valence-electron chi connectivity index (χ2n) is 11.5. The summed E-state index contributed by atoms with van der Waals surface area (Å²) < 4.78 is 24.4. The first-order valence-electron chi connectivity index (χ1n) is 15.2. The summed E-state index contributed by atoms with van der Waals surface area (Å²) in [5, 5.41) is 19.0. The van der Waals surface area contributed by atoms with Gasteiger partial charge >= 0.3 is 5.97 Å². The number of carboxylic acid groups (broad SMARTS) is 1. The number of aromatic nitrogens is 4. The predicted molar refractivity (Wildman–Crippen MR) is 176 cm³/mol. The van der Waals surface area contributed by atoms with Crippen molar-refractivity contribution in [2.24, 2.45) is 0 Å². The summed E-state index contributed by atoms with van der Waals surface area (Å²) in [5.41, 5.74) is 1.52. The molecule has 1 aliphatic carbocycles. The van der Waals surface area contributed by atoms with Gasteiger partial charge in [0, 0.05) is 55.1 Å². The Labute approximate surface area is 273 Å². The smallest absolute Gasteiger partial charge is 0.341 e. The van der Waals surface area contributed by atoms with Gasteiger partial charge < -0.3 is 24.2 Å². The number of hydrogen-bond donors (Lipinski definition) is 1. The Kier molecular flexibility index (Phi) is 8.14. The number of carboxylic acids is 1. The molecule has 1 aliphatic heterocycles. The summed E-state index contributed by atoms with van der Waals surface area (Å²) in [5.74, 6) is -0.458. The number of piperazine rings is 1. The van der Waals surface area contributed by atoms with Gasteiger partial charge in [-0.3, -0.25) is 14.2 Å². The quantitative estimate of drug-likeness (QED) is 0.222. The molecule has 1 saturated carbocycles. The number of rotatable bonds is 9. The lowest BCUT2D eigenvalue weighted by atomic mass is 10.1. The maximum absolute atomic E-state index is 15.4. The Balaban J connectivity index is 1.06. The average molecular weight is 655 g/mol. The van der Waals surface area contributed by atoms with Gasteiger partial charge in [0.1, 0.15) is 17.1 Å². The first-order valence-corrected chi connectivity index (χ1v) is 16.2. The minimum Gasteiger partial charge on any atom is -0.497 e. The van der Waals surface area contributed by atoms with Crippen LogP contribution in [0.1, 0.15) is 29.2 Å². The third kappa shape index (κ3) is 5.94. The number of methoxy groups -OCH3 is 1. The topological polar surface area (TPSA) is 123 Å². The number of amides is 1. The van der Waals surface area contributed by atoms with E-state index in [0.29, 0.717) is 48.4 Å². The number of fused-ring (bicyclic) bond motifs is 1. The predicted octanol–water partition coefficient (Wildman–Crippen LogP) is 4.87. The van der Waals surface area contributed by atoms with Crippen LogP contribution >= 0.6 is 11.8 Å². The van der Waals surface area contributed by atoms with E-state index in [0.717, 1.165) is 35.9 Å². The molecule has 47 heavy (non-hydrogen) atoms. The number of aromatic carboxylic acids is 1. The van der Waals surface area contributed by atoms with Crippen LogP contribution in [-0.2, 0) is 4.79 Å². The van der Waals surface area contributed by atoms with Crippen LogP contribution in [0.3, 0.4) is 0 Å². The maximum Gasteiger partial charge on any atom is 0.341 e. The number of carbonyl (C=O) groups is 2. The van der Waals surface area contributed by atoms with E-state index < -0.39 is 17.2 Å². The Morgan fingerprint density at radius 1 is 1.00 bits per heavy atom. The molecule has 1 N–H and O–H groups in total. The van der Waals surface area contributed by atoms with Crippen LogP contribution in [0.15, 0.2) is 82.9 Å². The number of benzene rings is 3. The fourth-order valence-corrected chi connectivity index (χ4v) is 6.78. The lowest BCUT2D eigenvalue weighted by Crippen LogP contribution is -2.49. The molecule has 3 heterocycles. The van der Waals surface area contributed by atoms with Gasteiger partial charge in [-0.2, -0.15) is 0 Å². The van der Waals surface area contributed by atoms with Gasteiger partial charge in [0.15, 0.2) is 11.0 Å². The minimum absolute atomic E-state index is 0.0578. The SMILES string of the molecule is COc1ccc(-c2nnc(SCC(=O)N3CCN(c4cc5c(cc4F)c(=O)c(C(=O)O)cn5C4CC4)CC3)n2-c2ccccc2)cc1. The number of carbonyl (C=O) groups excluding carboxylic acids is 1. The largest absolute Gasteiger partial charge is 0.497 e. The van der Waals surface area contributed by atoms with Crippen molar-refractivity contribution in [2.75, 3.05) is 43.9 Å². The summed E-state index contributed by atoms with van der Waals surface area (Å²) >= 11 is 1.31. The number of thioether (sulfide) groups is 1. The number of hydrogen-bond acceptors (Lipinski definition) is 8. The van der Waals surface area contributed by atoms with Crippen molar-refractivity contribution >= 4 is 40.2 Å². The maximum atomic E-state index is 15.4. The Bertz CT molecular complexity index is 2040. The molecule has 3 aromatic carbocycles. The molecule has 2 aromatic heterocycles. The zero-order valence-corrected chi connectivity index (χ0v) is 26.3. The molecule has 5 aromatic rings. The monoisotopic (exact) mass is 654 g/mol. The molecular weight excluding hydrogens is 623 g/mol. The highest BCUT2D eigenvalue weighted by Gasteiger charge is 2.29. The van der Waals surface area contributed by atoms with E-state index in [1.807, 2.05) is 64.1 Å². The van der Waals surface area contributed by atoms with Crippen LogP contribution < -0.4 is 15.1 Å². The van der Waals surface area contributed by atoms with Gasteiger partial charge in [0.05, 0.1) is 24.1 Å². The third-order valence-corrected chi connectivity index (χ3v) is 9.48. The minimum atomic E-state index is -1.33. The van der Waals surface area contributed by atoms with Gasteiger partial charge in [-0.15, -0.1) is 10.2 Å². The summed E-state index contributed by atoms with van der Waals surface area (Å²) in [4.78, 5) is 41.5. The number of halogens is 1. The van der Waals surface area contributed by atoms with Crippen molar-refractivity contribution in [3.8, 4) is 22.8 Å². The first kappa shape index (κ1) is 30.5. The third-order valence-electron chi connectivity index (χ3n) is 8.57. The van der Waals surface area contributed by atoms with E-state index in [-0.39, 0.29) is 28.7 Å². The molecule has 13 heteroatoms. The number of para-hydroxylation sites is 1. The van der Waals surface area contributed by atoms with E-state index in [1.165, 1.54) is 18.0 Å². The van der Waals surface area contributed by atoms with E-state index >= 15 is 4.39 Å². The highest BCUT2D eigenvalue weighted by Crippen LogP contribution is 2.38. The average Bonchev–Trinajstić information content (AvgIpc) is 3.86. The second-order valence-corrected chi connectivity index (χ2v) is 12.4. The van der Waals surface area contributed by atoms with Gasteiger partial charge in [0.25, 0.3) is 0 Å². The lowest BCUT2D eigenvalue weighted by Gasteiger charge is -2.36. The van der Waals surface area contributed by atoms with Crippen LogP contribution in [0.5, 0.6) is 5.75 Å². The number of nitrogens with zero attached hydrogens (tertiary/aromatic N) is 6. The normalized spacial score (nSPS) is 14.9. The van der Waals surface area contributed by atoms with Gasteiger partial charge in [0.2, 0.25) is 11.3 Å². The lowest BCUT2D eigenvalue weighted by molar-refractivity contribution is -0.128. The van der Waals surface area contributed by atoms with Gasteiger partial charge in [-0.25, -0.2) is 9.18 Å². The summed E-state index contributed by atoms with van der Waals surface area (Å²) in [6, 6.07) is 20.1. The first-order chi connectivity index (χ1) is 22.8. The molecule has 2 fully saturated rings. The highest BCUT2D eigenvalue weighted by molar-refractivity contribution is 7.99. The molecule has 0 radical (unpaired) electrons. The standard InChI is InChI=1S/C34H31FN6O5S/c1-46-24-11-7-21(8-12-24)32-36-37-34(41(32)23-5-3-2-4-6-23)47-20-30(42)39-15-13-38(14-16-39)29-18-28-25(17-27(29)35)31(43)26(33(44)45)19-40(28)22-9-10-22/h2-8,11-12,17-19,22H,9-10,13-16,20H2,1H3,(H,44,45). The Morgan fingerprint density at radius 3 is 2.38 bits per heavy atom. The molecule has 1 amide bonds. The number of ether oxygens (including phenoxy) is 1. The van der Waals surface area contributed by atoms with Crippen molar-refractivity contribution in [3.63, 3.8) is 0 Å². The molecule has 11 nitrogen and oxygen atoms in total. The summed E-state index contributed by atoms with van der Waals surface area (Å²) in [6.45, 7) is 1.60. The summed E-state index contributed by atoms with van der Waals surface area (Å²) in [6.07, 6.45) is 3.11. The Hall–Kier alpha value is -5.17. The number of anilines is 1. The zero-order chi connectivity index (χ0) is 32.7. The van der Waals surface area contributed by atoms with Crippen molar-refractivity contribution in [2.45, 2.75) is 24.0 Å². The van der Waals surface area contributed by atoms with Crippen molar-refractivity contribution in [1.29, 1.82) is 0 Å². The van der Waals surface area contributed by atoms with Gasteiger partial charge in [-0.1, -0.05) is 30.0 Å². The van der Waals surface area contributed by atoms with Crippen molar-refractivity contribution in [1.82, 2.24) is 24.2 Å². The molecule has 240 valence electrons. The molecular formula is C34H31FN6O5S. The van der Waals surface area contributed by atoms with E-state index in [9.17, 15) is 19.5 Å².